The Bertz CT molecular complexity index is 1300. The standard InChI is InChI=1S/C29H38N8O/c1-21-16-35(27-8-7-24(15-30)37-28(27)9-11-32-37)18-25-17-33(13-14-36(21)25)12-10-22-3-5-23(6-4-22)34-19-26(31)29(20-34)38-2/h3-9,11,21,25-26,29H,10,12-14,16-20,31H2,1-2H3/p+1/t21-,25+,26?,29-/m1/s1. The average Bonchev–Trinajstić information content (AvgIpc) is 3.58. The minimum Gasteiger partial charge on any atom is -0.373 e. The fourth-order valence-corrected chi connectivity index (χ4v) is 6.66. The molecule has 3 aliphatic heterocycles. The van der Waals surface area contributed by atoms with Gasteiger partial charge in [-0.05, 0) is 49.2 Å². The number of methoxy groups -OCH3 is 1. The minimum absolute atomic E-state index is 0.217. The summed E-state index contributed by atoms with van der Waals surface area (Å²) in [5, 5.41) is 13.8. The number of aromatic nitrogens is 2. The molecule has 0 amide bonds. The monoisotopic (exact) mass is 515 g/mol. The van der Waals surface area contributed by atoms with Crippen LogP contribution in [0.25, 0.3) is 5.52 Å². The lowest BCUT2D eigenvalue weighted by Crippen LogP contribution is -2.66. The maximum atomic E-state index is 9.46. The molecule has 200 valence electrons. The lowest BCUT2D eigenvalue weighted by molar-refractivity contribution is -0.428. The number of fused-ring (bicyclic) bond motifs is 2. The maximum absolute atomic E-state index is 9.46. The maximum Gasteiger partial charge on any atom is 0.142 e. The van der Waals surface area contributed by atoms with E-state index >= 15 is 0 Å². The lowest BCUT2D eigenvalue weighted by Gasteiger charge is -2.51. The Hall–Kier alpha value is -3.16. The van der Waals surface area contributed by atoms with Crippen molar-refractivity contribution in [3.8, 4) is 6.07 Å². The summed E-state index contributed by atoms with van der Waals surface area (Å²) in [6.07, 6.45) is 3.07. The molecule has 5 heterocycles. The lowest BCUT2D eigenvalue weighted by atomic mass is 10.0. The third-order valence-electron chi connectivity index (χ3n) is 8.78. The molecule has 1 aromatic carbocycles. The van der Waals surface area contributed by atoms with Crippen LogP contribution in [0.2, 0.25) is 0 Å². The normalized spacial score (nSPS) is 26.6. The number of ether oxygens (including phenoxy) is 1. The van der Waals surface area contributed by atoms with Crippen LogP contribution in [-0.4, -0.2) is 103 Å². The van der Waals surface area contributed by atoms with Crippen LogP contribution in [0.4, 0.5) is 11.4 Å². The van der Waals surface area contributed by atoms with E-state index < -0.39 is 0 Å². The van der Waals surface area contributed by atoms with Gasteiger partial charge in [0, 0.05) is 64.1 Å². The summed E-state index contributed by atoms with van der Waals surface area (Å²) < 4.78 is 7.34. The molecule has 3 fully saturated rings. The summed E-state index contributed by atoms with van der Waals surface area (Å²) in [4.78, 5) is 10.2. The first kappa shape index (κ1) is 25.1. The largest absolute Gasteiger partial charge is 0.373 e. The van der Waals surface area contributed by atoms with Crippen molar-refractivity contribution in [1.82, 2.24) is 19.4 Å². The molecule has 1 unspecified atom stereocenters. The SMILES string of the molecule is CO[C@@H]1CN(c2ccc(CCN3CCN4[C@@H](C3)CN(c3ccc(C#N)n5nccc35)C[C@H]4C)cc2)CC1[NH3+]. The Kier molecular flexibility index (Phi) is 6.97. The first-order valence-electron chi connectivity index (χ1n) is 13.8. The zero-order valence-corrected chi connectivity index (χ0v) is 22.5. The predicted octanol–water partition coefficient (Wildman–Crippen LogP) is 1.09. The molecule has 3 saturated heterocycles. The van der Waals surface area contributed by atoms with Crippen LogP contribution in [0.1, 0.15) is 18.2 Å². The van der Waals surface area contributed by atoms with E-state index in [1.54, 1.807) is 17.8 Å². The van der Waals surface area contributed by atoms with Crippen LogP contribution < -0.4 is 15.5 Å². The van der Waals surface area contributed by atoms with Crippen molar-refractivity contribution in [1.29, 1.82) is 5.26 Å². The summed E-state index contributed by atoms with van der Waals surface area (Å²) in [7, 11) is 1.78. The molecular weight excluding hydrogens is 476 g/mol. The van der Waals surface area contributed by atoms with Crippen LogP contribution in [0.5, 0.6) is 0 Å². The molecule has 9 nitrogen and oxygen atoms in total. The van der Waals surface area contributed by atoms with Gasteiger partial charge in [0.2, 0.25) is 0 Å². The number of benzene rings is 1. The van der Waals surface area contributed by atoms with Crippen molar-refractivity contribution in [2.75, 3.05) is 69.3 Å². The minimum atomic E-state index is 0.217. The topological polar surface area (TPSA) is 90.9 Å². The second-order valence-electron chi connectivity index (χ2n) is 11.1. The zero-order chi connectivity index (χ0) is 26.2. The van der Waals surface area contributed by atoms with E-state index in [4.69, 9.17) is 4.74 Å². The quantitative estimate of drug-likeness (QED) is 0.526. The van der Waals surface area contributed by atoms with E-state index in [1.165, 1.54) is 16.9 Å². The van der Waals surface area contributed by atoms with Gasteiger partial charge in [0.05, 0.1) is 30.5 Å². The molecule has 0 aliphatic carbocycles. The number of rotatable bonds is 6. The van der Waals surface area contributed by atoms with Gasteiger partial charge >= 0.3 is 0 Å². The highest BCUT2D eigenvalue weighted by molar-refractivity contribution is 5.74. The molecule has 0 radical (unpaired) electrons. The van der Waals surface area contributed by atoms with Crippen molar-refractivity contribution in [3.05, 3.63) is 59.9 Å². The molecule has 6 rings (SSSR count). The van der Waals surface area contributed by atoms with Crippen LogP contribution in [0.15, 0.2) is 48.7 Å². The Balaban J connectivity index is 1.08. The fraction of sp³-hybridized carbons (Fsp3) is 0.517. The van der Waals surface area contributed by atoms with E-state index in [-0.39, 0.29) is 6.10 Å². The number of nitrogens with zero attached hydrogens (tertiary/aromatic N) is 7. The van der Waals surface area contributed by atoms with Gasteiger partial charge in [-0.2, -0.15) is 10.4 Å². The number of pyridine rings is 1. The summed E-state index contributed by atoms with van der Waals surface area (Å²) >= 11 is 0. The fourth-order valence-electron chi connectivity index (χ4n) is 6.66. The molecule has 3 aliphatic rings. The van der Waals surface area contributed by atoms with Gasteiger partial charge < -0.3 is 25.2 Å². The molecule has 0 bridgehead atoms. The zero-order valence-electron chi connectivity index (χ0n) is 22.5. The van der Waals surface area contributed by atoms with Crippen molar-refractivity contribution < 1.29 is 10.5 Å². The number of quaternary nitrogens is 1. The second kappa shape index (κ2) is 10.5. The summed E-state index contributed by atoms with van der Waals surface area (Å²) in [5.41, 5.74) is 9.66. The first-order chi connectivity index (χ1) is 18.5. The number of anilines is 2. The molecule has 3 aromatic rings. The van der Waals surface area contributed by atoms with Crippen molar-refractivity contribution >= 4 is 16.9 Å². The van der Waals surface area contributed by atoms with E-state index in [2.05, 4.69) is 73.8 Å². The molecule has 4 atom stereocenters. The van der Waals surface area contributed by atoms with Crippen LogP contribution in [0.3, 0.4) is 0 Å². The van der Waals surface area contributed by atoms with Crippen molar-refractivity contribution in [3.63, 3.8) is 0 Å². The Morgan fingerprint density at radius 2 is 1.84 bits per heavy atom. The number of piperazine rings is 2. The van der Waals surface area contributed by atoms with Crippen molar-refractivity contribution in [2.45, 2.75) is 37.6 Å². The van der Waals surface area contributed by atoms with Gasteiger partial charge in [0.25, 0.3) is 0 Å². The van der Waals surface area contributed by atoms with Crippen molar-refractivity contribution in [2.24, 2.45) is 0 Å². The van der Waals surface area contributed by atoms with Gasteiger partial charge in [-0.25, -0.2) is 4.52 Å². The van der Waals surface area contributed by atoms with Gasteiger partial charge in [-0.15, -0.1) is 0 Å². The highest BCUT2D eigenvalue weighted by atomic mass is 16.5. The highest BCUT2D eigenvalue weighted by Gasteiger charge is 2.37. The van der Waals surface area contributed by atoms with Crippen LogP contribution >= 0.6 is 0 Å². The van der Waals surface area contributed by atoms with E-state index in [0.29, 0.717) is 23.8 Å². The molecule has 0 saturated carbocycles. The molecule has 38 heavy (non-hydrogen) atoms. The summed E-state index contributed by atoms with van der Waals surface area (Å²) in [6.45, 7) is 10.6. The van der Waals surface area contributed by atoms with Crippen LogP contribution in [0, 0.1) is 11.3 Å². The number of nitriles is 1. The number of hydrogen-bond acceptors (Lipinski definition) is 7. The summed E-state index contributed by atoms with van der Waals surface area (Å²) in [6, 6.07) is 18.6. The van der Waals surface area contributed by atoms with Gasteiger partial charge in [-0.3, -0.25) is 4.90 Å². The third kappa shape index (κ3) is 4.74. The van der Waals surface area contributed by atoms with Crippen LogP contribution in [-0.2, 0) is 11.2 Å². The van der Waals surface area contributed by atoms with Gasteiger partial charge in [0.1, 0.15) is 23.9 Å². The molecule has 2 aromatic heterocycles. The van der Waals surface area contributed by atoms with E-state index in [0.717, 1.165) is 64.3 Å². The second-order valence-corrected chi connectivity index (χ2v) is 11.1. The molecule has 0 spiro atoms. The Morgan fingerprint density at radius 3 is 2.61 bits per heavy atom. The first-order valence-corrected chi connectivity index (χ1v) is 13.8. The molecular formula is C29H39N8O+. The summed E-state index contributed by atoms with van der Waals surface area (Å²) in [5.74, 6) is 0. The van der Waals surface area contributed by atoms with Gasteiger partial charge in [-0.1, -0.05) is 12.1 Å². The molecule has 3 N–H and O–H groups in total. The Morgan fingerprint density at radius 1 is 1.00 bits per heavy atom. The Labute approximate surface area is 225 Å². The predicted molar refractivity (Wildman–Crippen MR) is 148 cm³/mol. The highest BCUT2D eigenvalue weighted by Crippen LogP contribution is 2.29. The third-order valence-corrected chi connectivity index (χ3v) is 8.78. The van der Waals surface area contributed by atoms with E-state index in [1.807, 2.05) is 12.1 Å². The average molecular weight is 516 g/mol. The number of hydrogen-bond donors (Lipinski definition) is 1. The van der Waals surface area contributed by atoms with Gasteiger partial charge in [0.15, 0.2) is 0 Å². The molecule has 9 heteroatoms. The van der Waals surface area contributed by atoms with E-state index in [9.17, 15) is 5.26 Å². The smallest absolute Gasteiger partial charge is 0.142 e.